The van der Waals surface area contributed by atoms with Crippen LogP contribution >= 0.6 is 0 Å². The maximum atomic E-state index is 12.4. The maximum Gasteiger partial charge on any atom is 0.336 e. The largest absolute Gasteiger partial charge is 0.478 e. The lowest BCUT2D eigenvalue weighted by atomic mass is 10.1. The number of anilines is 1. The van der Waals surface area contributed by atoms with Gasteiger partial charge in [0.1, 0.15) is 0 Å². The predicted molar refractivity (Wildman–Crippen MR) is 106 cm³/mol. The smallest absolute Gasteiger partial charge is 0.336 e. The minimum Gasteiger partial charge on any atom is -0.478 e. The third-order valence-electron chi connectivity index (χ3n) is 4.27. The van der Waals surface area contributed by atoms with Crippen LogP contribution in [0.3, 0.4) is 0 Å². The molecule has 3 aromatic rings. The molecule has 0 aliphatic heterocycles. The zero-order valence-electron chi connectivity index (χ0n) is 15.3. The van der Waals surface area contributed by atoms with Crippen LogP contribution in [-0.2, 0) is 6.54 Å². The van der Waals surface area contributed by atoms with Crippen molar-refractivity contribution in [2.45, 2.75) is 19.9 Å². The number of rotatable bonds is 7. The zero-order chi connectivity index (χ0) is 20.1. The summed E-state index contributed by atoms with van der Waals surface area (Å²) < 4.78 is 0. The molecule has 0 bridgehead atoms. The summed E-state index contributed by atoms with van der Waals surface area (Å²) in [5.41, 5.74) is 0.983. The van der Waals surface area contributed by atoms with E-state index in [0.717, 1.165) is 18.7 Å². The highest BCUT2D eigenvalue weighted by Crippen LogP contribution is 2.18. The molecule has 4 N–H and O–H groups in total. The van der Waals surface area contributed by atoms with Crippen molar-refractivity contribution in [3.05, 3.63) is 69.6 Å². The second-order valence-corrected chi connectivity index (χ2v) is 6.22. The quantitative estimate of drug-likeness (QED) is 0.499. The van der Waals surface area contributed by atoms with E-state index in [4.69, 9.17) is 0 Å². The van der Waals surface area contributed by atoms with Gasteiger partial charge in [0.25, 0.3) is 11.5 Å². The van der Waals surface area contributed by atoms with Crippen molar-refractivity contribution in [1.29, 1.82) is 0 Å². The van der Waals surface area contributed by atoms with Gasteiger partial charge in [-0.25, -0.2) is 9.89 Å². The van der Waals surface area contributed by atoms with Gasteiger partial charge in [-0.15, -0.1) is 0 Å². The Balaban J connectivity index is 1.85. The van der Waals surface area contributed by atoms with Crippen molar-refractivity contribution < 1.29 is 14.7 Å². The van der Waals surface area contributed by atoms with Crippen LogP contribution in [0, 0.1) is 0 Å². The fourth-order valence-corrected chi connectivity index (χ4v) is 2.86. The Hall–Kier alpha value is -3.68. The normalized spacial score (nSPS) is 10.6. The Bertz CT molecular complexity index is 1090. The molecule has 144 valence electrons. The summed E-state index contributed by atoms with van der Waals surface area (Å²) in [5, 5.41) is 22.7. The number of H-pyrrole nitrogens is 1. The molecule has 0 fully saturated rings. The fraction of sp³-hybridized carbons (Fsp3) is 0.200. The van der Waals surface area contributed by atoms with Gasteiger partial charge in [-0.3, -0.25) is 9.59 Å². The minimum absolute atomic E-state index is 0.0435. The molecule has 0 radical (unpaired) electrons. The number of hydrogen-bond acceptors (Lipinski definition) is 5. The number of nitrogens with one attached hydrogen (secondary N) is 3. The maximum absolute atomic E-state index is 12.4. The molecule has 1 heterocycles. The topological polar surface area (TPSA) is 124 Å². The van der Waals surface area contributed by atoms with Crippen LogP contribution < -0.4 is 16.2 Å². The average Bonchev–Trinajstić information content (AvgIpc) is 2.71. The number of fused-ring (bicyclic) bond motifs is 1. The van der Waals surface area contributed by atoms with Gasteiger partial charge >= 0.3 is 5.97 Å². The molecule has 0 unspecified atom stereocenters. The van der Waals surface area contributed by atoms with E-state index in [2.05, 4.69) is 20.8 Å². The molecule has 0 saturated carbocycles. The van der Waals surface area contributed by atoms with Gasteiger partial charge in [0, 0.05) is 17.6 Å². The van der Waals surface area contributed by atoms with E-state index >= 15 is 0 Å². The number of aromatic carboxylic acids is 1. The Morgan fingerprint density at radius 1 is 1.11 bits per heavy atom. The number of nitrogens with zero attached hydrogens (tertiary/aromatic N) is 1. The molecule has 1 amide bonds. The van der Waals surface area contributed by atoms with Crippen LogP contribution in [0.5, 0.6) is 0 Å². The Kier molecular flexibility index (Phi) is 5.69. The summed E-state index contributed by atoms with van der Waals surface area (Å²) in [6, 6.07) is 11.3. The highest BCUT2D eigenvalue weighted by molar-refractivity contribution is 6.04. The highest BCUT2D eigenvalue weighted by atomic mass is 16.4. The van der Waals surface area contributed by atoms with Crippen LogP contribution in [0.25, 0.3) is 10.8 Å². The standard InChI is InChI=1S/C20H20N4O4/c1-2-9-21-12-7-8-13-16(10-12)19(26)24-23-17(13)11-22-18(25)14-5-3-4-6-15(14)20(27)28/h3-8,10,21H,2,9,11H2,1H3,(H,22,25)(H,24,26)(H,27,28). The molecule has 8 nitrogen and oxygen atoms in total. The van der Waals surface area contributed by atoms with E-state index in [0.29, 0.717) is 16.5 Å². The van der Waals surface area contributed by atoms with Crippen LogP contribution in [0.2, 0.25) is 0 Å². The van der Waals surface area contributed by atoms with Crippen molar-refractivity contribution in [1.82, 2.24) is 15.5 Å². The zero-order valence-corrected chi connectivity index (χ0v) is 15.3. The van der Waals surface area contributed by atoms with Crippen molar-refractivity contribution in [2.24, 2.45) is 0 Å². The number of amides is 1. The molecule has 0 atom stereocenters. The molecular formula is C20H20N4O4. The molecule has 3 rings (SSSR count). The summed E-state index contributed by atoms with van der Waals surface area (Å²) >= 11 is 0. The van der Waals surface area contributed by atoms with Gasteiger partial charge in [-0.2, -0.15) is 5.10 Å². The van der Waals surface area contributed by atoms with Gasteiger partial charge in [0.15, 0.2) is 0 Å². The van der Waals surface area contributed by atoms with E-state index in [-0.39, 0.29) is 23.2 Å². The molecular weight excluding hydrogens is 360 g/mol. The lowest BCUT2D eigenvalue weighted by Crippen LogP contribution is -2.26. The van der Waals surface area contributed by atoms with E-state index < -0.39 is 11.9 Å². The highest BCUT2D eigenvalue weighted by Gasteiger charge is 2.16. The first-order chi connectivity index (χ1) is 13.5. The van der Waals surface area contributed by atoms with Crippen LogP contribution in [-0.4, -0.2) is 33.7 Å². The number of carboxylic acids is 1. The molecule has 28 heavy (non-hydrogen) atoms. The molecule has 1 aromatic heterocycles. The second-order valence-electron chi connectivity index (χ2n) is 6.22. The third-order valence-corrected chi connectivity index (χ3v) is 4.27. The van der Waals surface area contributed by atoms with Crippen LogP contribution in [0.4, 0.5) is 5.69 Å². The van der Waals surface area contributed by atoms with Crippen molar-refractivity contribution >= 4 is 28.3 Å². The molecule has 0 spiro atoms. The fourth-order valence-electron chi connectivity index (χ4n) is 2.86. The van der Waals surface area contributed by atoms with E-state index in [9.17, 15) is 19.5 Å². The molecule has 8 heteroatoms. The summed E-state index contributed by atoms with van der Waals surface area (Å²) in [7, 11) is 0. The summed E-state index contributed by atoms with van der Waals surface area (Å²) in [4.78, 5) is 35.9. The van der Waals surface area contributed by atoms with E-state index in [1.165, 1.54) is 12.1 Å². The summed E-state index contributed by atoms with van der Waals surface area (Å²) in [6.45, 7) is 2.89. The predicted octanol–water partition coefficient (Wildman–Crippen LogP) is 2.37. The number of benzene rings is 2. The van der Waals surface area contributed by atoms with E-state index in [1.54, 1.807) is 24.3 Å². The van der Waals surface area contributed by atoms with Gasteiger partial charge in [0.05, 0.1) is 28.8 Å². The molecule has 2 aromatic carbocycles. The lowest BCUT2D eigenvalue weighted by molar-refractivity contribution is 0.0691. The van der Waals surface area contributed by atoms with Crippen molar-refractivity contribution in [2.75, 3.05) is 11.9 Å². The van der Waals surface area contributed by atoms with E-state index in [1.807, 2.05) is 13.0 Å². The summed E-state index contributed by atoms with van der Waals surface area (Å²) in [5.74, 6) is -1.70. The van der Waals surface area contributed by atoms with Crippen LogP contribution in [0.15, 0.2) is 47.3 Å². The van der Waals surface area contributed by atoms with Gasteiger partial charge < -0.3 is 15.7 Å². The average molecular weight is 380 g/mol. The number of hydrogen-bond donors (Lipinski definition) is 4. The Morgan fingerprint density at radius 3 is 2.57 bits per heavy atom. The number of carbonyl (C=O) groups excluding carboxylic acids is 1. The molecule has 0 saturated heterocycles. The first-order valence-corrected chi connectivity index (χ1v) is 8.87. The number of carboxylic acid groups (broad SMARTS) is 1. The number of carbonyl (C=O) groups is 2. The molecule has 0 aliphatic rings. The first-order valence-electron chi connectivity index (χ1n) is 8.87. The minimum atomic E-state index is -1.18. The Labute approximate surface area is 160 Å². The second kappa shape index (κ2) is 8.34. The monoisotopic (exact) mass is 380 g/mol. The van der Waals surface area contributed by atoms with Crippen molar-refractivity contribution in [3.63, 3.8) is 0 Å². The van der Waals surface area contributed by atoms with Gasteiger partial charge in [-0.05, 0) is 30.7 Å². The Morgan fingerprint density at radius 2 is 1.86 bits per heavy atom. The molecule has 0 aliphatic carbocycles. The summed E-state index contributed by atoms with van der Waals surface area (Å²) in [6.07, 6.45) is 0.958. The third kappa shape index (κ3) is 4.01. The number of aromatic nitrogens is 2. The van der Waals surface area contributed by atoms with Gasteiger partial charge in [0.2, 0.25) is 0 Å². The van der Waals surface area contributed by atoms with Crippen molar-refractivity contribution in [3.8, 4) is 0 Å². The number of aromatic amines is 1. The first kappa shape index (κ1) is 19.1. The van der Waals surface area contributed by atoms with Crippen LogP contribution in [0.1, 0.15) is 39.8 Å². The van der Waals surface area contributed by atoms with Gasteiger partial charge in [-0.1, -0.05) is 25.1 Å². The SMILES string of the molecule is CCCNc1ccc2c(CNC(=O)c3ccccc3C(=O)O)n[nH]c(=O)c2c1. The lowest BCUT2D eigenvalue weighted by Gasteiger charge is -2.10.